The Bertz CT molecular complexity index is 342. The van der Waals surface area contributed by atoms with Crippen LogP contribution in [0.15, 0.2) is 17.5 Å². The van der Waals surface area contributed by atoms with E-state index in [1.165, 1.54) is 12.8 Å². The molecule has 0 radical (unpaired) electrons. The number of hydrogen-bond acceptors (Lipinski definition) is 3. The minimum atomic E-state index is 0.159. The average Bonchev–Trinajstić information content (AvgIpc) is 2.81. The van der Waals surface area contributed by atoms with Crippen LogP contribution in [-0.4, -0.2) is 37.5 Å². The quantitative estimate of drug-likeness (QED) is 0.885. The van der Waals surface area contributed by atoms with Crippen LogP contribution in [0.1, 0.15) is 17.7 Å². The molecule has 2 heterocycles. The Labute approximate surface area is 107 Å². The zero-order valence-electron chi connectivity index (χ0n) is 10.3. The van der Waals surface area contributed by atoms with Crippen LogP contribution >= 0.6 is 11.3 Å². The third-order valence-corrected chi connectivity index (χ3v) is 4.22. The Morgan fingerprint density at radius 2 is 2.29 bits per heavy atom. The smallest absolute Gasteiger partial charge is 0.225 e. The predicted molar refractivity (Wildman–Crippen MR) is 71.3 cm³/mol. The molecule has 0 spiro atoms. The lowest BCUT2D eigenvalue weighted by atomic mass is 9.97. The number of carbonyl (C=O) groups is 1. The summed E-state index contributed by atoms with van der Waals surface area (Å²) in [6.07, 6.45) is 2.94. The predicted octanol–water partition coefficient (Wildman–Crippen LogP) is 1.75. The highest BCUT2D eigenvalue weighted by Gasteiger charge is 2.17. The molecule has 1 fully saturated rings. The van der Waals surface area contributed by atoms with Gasteiger partial charge in [0.05, 0.1) is 6.42 Å². The molecule has 94 valence electrons. The molecule has 1 amide bonds. The molecule has 1 saturated heterocycles. The van der Waals surface area contributed by atoms with Crippen molar-refractivity contribution in [3.05, 3.63) is 22.4 Å². The lowest BCUT2D eigenvalue weighted by Gasteiger charge is -2.28. The van der Waals surface area contributed by atoms with Crippen LogP contribution in [0.3, 0.4) is 0 Å². The van der Waals surface area contributed by atoms with E-state index in [0.29, 0.717) is 12.3 Å². The normalized spacial score (nSPS) is 18.2. The standard InChI is InChI=1S/C13H20N2OS/c1-15-6-4-11(5-7-15)10-14-13(16)9-12-3-2-8-17-12/h2-3,8,11H,4-7,9-10H2,1H3,(H,14,16). The number of thiophene rings is 1. The molecule has 0 aliphatic carbocycles. The van der Waals surface area contributed by atoms with Crippen LogP contribution < -0.4 is 5.32 Å². The molecule has 0 unspecified atom stereocenters. The van der Waals surface area contributed by atoms with E-state index in [4.69, 9.17) is 0 Å². The van der Waals surface area contributed by atoms with Crippen LogP contribution in [-0.2, 0) is 11.2 Å². The first-order valence-corrected chi connectivity index (χ1v) is 7.09. The van der Waals surface area contributed by atoms with E-state index in [0.717, 1.165) is 24.5 Å². The number of nitrogens with zero attached hydrogens (tertiary/aromatic N) is 1. The number of amides is 1. The van der Waals surface area contributed by atoms with Gasteiger partial charge in [0.1, 0.15) is 0 Å². The Kier molecular flexibility index (Phi) is 4.57. The van der Waals surface area contributed by atoms with Crippen molar-refractivity contribution >= 4 is 17.2 Å². The van der Waals surface area contributed by atoms with Crippen LogP contribution in [0.4, 0.5) is 0 Å². The van der Waals surface area contributed by atoms with Gasteiger partial charge in [0.2, 0.25) is 5.91 Å². The Hall–Kier alpha value is -0.870. The molecule has 2 rings (SSSR count). The van der Waals surface area contributed by atoms with Crippen LogP contribution in [0.2, 0.25) is 0 Å². The van der Waals surface area contributed by atoms with Crippen molar-refractivity contribution in [3.8, 4) is 0 Å². The molecule has 0 atom stereocenters. The van der Waals surface area contributed by atoms with Gasteiger partial charge in [-0.2, -0.15) is 0 Å². The van der Waals surface area contributed by atoms with Crippen molar-refractivity contribution in [2.24, 2.45) is 5.92 Å². The molecule has 4 heteroatoms. The molecule has 1 aliphatic rings. The number of carbonyl (C=O) groups excluding carboxylic acids is 1. The SMILES string of the molecule is CN1CCC(CNC(=O)Cc2cccs2)CC1. The highest BCUT2D eigenvalue weighted by atomic mass is 32.1. The van der Waals surface area contributed by atoms with Gasteiger partial charge in [-0.15, -0.1) is 11.3 Å². The first-order chi connectivity index (χ1) is 8.24. The summed E-state index contributed by atoms with van der Waals surface area (Å²) in [6.45, 7) is 3.16. The van der Waals surface area contributed by atoms with E-state index in [-0.39, 0.29) is 5.91 Å². The second-order valence-electron chi connectivity index (χ2n) is 4.81. The molecular weight excluding hydrogens is 232 g/mol. The summed E-state index contributed by atoms with van der Waals surface area (Å²) in [5, 5.41) is 5.07. The number of hydrogen-bond donors (Lipinski definition) is 1. The molecular formula is C13H20N2OS. The maximum atomic E-state index is 11.7. The monoisotopic (exact) mass is 252 g/mol. The number of rotatable bonds is 4. The van der Waals surface area contributed by atoms with Crippen molar-refractivity contribution in [1.29, 1.82) is 0 Å². The largest absolute Gasteiger partial charge is 0.356 e. The summed E-state index contributed by atoms with van der Waals surface area (Å²) in [7, 11) is 2.16. The number of piperidine rings is 1. The topological polar surface area (TPSA) is 32.3 Å². The molecule has 0 saturated carbocycles. The molecule has 0 aromatic carbocycles. The van der Waals surface area contributed by atoms with E-state index < -0.39 is 0 Å². The maximum absolute atomic E-state index is 11.7. The van der Waals surface area contributed by atoms with E-state index in [1.807, 2.05) is 17.5 Å². The summed E-state index contributed by atoms with van der Waals surface area (Å²) in [5.74, 6) is 0.824. The maximum Gasteiger partial charge on any atom is 0.225 e. The van der Waals surface area contributed by atoms with Crippen LogP contribution in [0, 0.1) is 5.92 Å². The van der Waals surface area contributed by atoms with E-state index >= 15 is 0 Å². The van der Waals surface area contributed by atoms with Crippen molar-refractivity contribution in [2.75, 3.05) is 26.7 Å². The lowest BCUT2D eigenvalue weighted by molar-refractivity contribution is -0.120. The fraction of sp³-hybridized carbons (Fsp3) is 0.615. The summed E-state index contributed by atoms with van der Waals surface area (Å²) in [4.78, 5) is 15.2. The van der Waals surface area contributed by atoms with Crippen molar-refractivity contribution in [1.82, 2.24) is 10.2 Å². The summed E-state index contributed by atoms with van der Waals surface area (Å²) >= 11 is 1.65. The minimum absolute atomic E-state index is 0.159. The van der Waals surface area contributed by atoms with E-state index in [1.54, 1.807) is 11.3 Å². The van der Waals surface area contributed by atoms with Gasteiger partial charge in [-0.05, 0) is 50.3 Å². The van der Waals surface area contributed by atoms with E-state index in [9.17, 15) is 4.79 Å². The Morgan fingerprint density at radius 3 is 2.94 bits per heavy atom. The van der Waals surface area contributed by atoms with Gasteiger partial charge in [0.15, 0.2) is 0 Å². The third kappa shape index (κ3) is 4.13. The zero-order valence-corrected chi connectivity index (χ0v) is 11.1. The number of likely N-dealkylation sites (tertiary alicyclic amines) is 1. The van der Waals surface area contributed by atoms with Gasteiger partial charge >= 0.3 is 0 Å². The summed E-state index contributed by atoms with van der Waals surface area (Å²) in [6, 6.07) is 4.00. The van der Waals surface area contributed by atoms with Crippen LogP contribution in [0.5, 0.6) is 0 Å². The molecule has 3 nitrogen and oxygen atoms in total. The molecule has 17 heavy (non-hydrogen) atoms. The van der Waals surface area contributed by atoms with Gasteiger partial charge in [-0.1, -0.05) is 6.07 Å². The molecule has 0 bridgehead atoms. The lowest BCUT2D eigenvalue weighted by Crippen LogP contribution is -2.37. The fourth-order valence-corrected chi connectivity index (χ4v) is 2.86. The first kappa shape index (κ1) is 12.6. The molecule has 1 aromatic rings. The van der Waals surface area contributed by atoms with Crippen molar-refractivity contribution in [2.45, 2.75) is 19.3 Å². The molecule has 1 N–H and O–H groups in total. The van der Waals surface area contributed by atoms with Crippen molar-refractivity contribution in [3.63, 3.8) is 0 Å². The van der Waals surface area contributed by atoms with Gasteiger partial charge < -0.3 is 10.2 Å². The minimum Gasteiger partial charge on any atom is -0.356 e. The summed E-state index contributed by atoms with van der Waals surface area (Å²) < 4.78 is 0. The van der Waals surface area contributed by atoms with Gasteiger partial charge in [-0.25, -0.2) is 0 Å². The second-order valence-corrected chi connectivity index (χ2v) is 5.84. The molecule has 1 aromatic heterocycles. The second kappa shape index (κ2) is 6.17. The van der Waals surface area contributed by atoms with Gasteiger partial charge in [-0.3, -0.25) is 4.79 Å². The first-order valence-electron chi connectivity index (χ1n) is 6.21. The number of nitrogens with one attached hydrogen (secondary N) is 1. The fourth-order valence-electron chi connectivity index (χ4n) is 2.16. The Morgan fingerprint density at radius 1 is 1.53 bits per heavy atom. The van der Waals surface area contributed by atoms with Gasteiger partial charge in [0, 0.05) is 11.4 Å². The highest BCUT2D eigenvalue weighted by Crippen LogP contribution is 2.15. The molecule has 1 aliphatic heterocycles. The van der Waals surface area contributed by atoms with E-state index in [2.05, 4.69) is 17.3 Å². The zero-order chi connectivity index (χ0) is 12.1. The Balaban J connectivity index is 1.66. The third-order valence-electron chi connectivity index (χ3n) is 3.34. The van der Waals surface area contributed by atoms with Crippen LogP contribution in [0.25, 0.3) is 0 Å². The summed E-state index contributed by atoms with van der Waals surface area (Å²) in [5.41, 5.74) is 0. The van der Waals surface area contributed by atoms with Crippen molar-refractivity contribution < 1.29 is 4.79 Å². The average molecular weight is 252 g/mol. The highest BCUT2D eigenvalue weighted by molar-refractivity contribution is 7.10. The van der Waals surface area contributed by atoms with Gasteiger partial charge in [0.25, 0.3) is 0 Å².